The number of urea groups is 1. The lowest BCUT2D eigenvalue weighted by atomic mass is 10.0. The summed E-state index contributed by atoms with van der Waals surface area (Å²) in [6, 6.07) is -0.628. The van der Waals surface area contributed by atoms with Crippen molar-refractivity contribution >= 4 is 11.7 Å². The number of nitrogens with two attached hydrogens (primary N) is 1. The van der Waals surface area contributed by atoms with Gasteiger partial charge in [-0.2, -0.15) is 5.10 Å². The van der Waals surface area contributed by atoms with Gasteiger partial charge in [0.2, 0.25) is 0 Å². The van der Waals surface area contributed by atoms with E-state index in [0.29, 0.717) is 5.92 Å². The highest BCUT2D eigenvalue weighted by atomic mass is 16.2. The second kappa shape index (κ2) is 6.22. The lowest BCUT2D eigenvalue weighted by Gasteiger charge is -2.06. The Bertz CT molecular complexity index is 211. The number of rotatable bonds is 5. The van der Waals surface area contributed by atoms with E-state index in [1.807, 2.05) is 19.9 Å². The maximum atomic E-state index is 10.4. The van der Waals surface area contributed by atoms with E-state index < -0.39 is 6.03 Å². The molecule has 4 nitrogen and oxygen atoms in total. The molecule has 2 amide bonds. The van der Waals surface area contributed by atoms with Crippen molar-refractivity contribution in [2.24, 2.45) is 16.8 Å². The highest BCUT2D eigenvalue weighted by Crippen LogP contribution is 2.05. The second-order valence-corrected chi connectivity index (χ2v) is 2.92. The predicted octanol–water partition coefficient (Wildman–Crippen LogP) is 1.63. The van der Waals surface area contributed by atoms with Crippen LogP contribution in [0.2, 0.25) is 0 Å². The normalized spacial score (nSPS) is 13.5. The van der Waals surface area contributed by atoms with E-state index in [-0.39, 0.29) is 0 Å². The molecule has 0 aliphatic carbocycles. The monoisotopic (exact) mass is 183 g/mol. The smallest absolute Gasteiger partial charge is 0.332 e. The number of carbonyl (C=O) groups excluding carboxylic acids is 1. The number of hydrogen-bond acceptors (Lipinski definition) is 2. The van der Waals surface area contributed by atoms with Gasteiger partial charge in [0.15, 0.2) is 0 Å². The van der Waals surface area contributed by atoms with Crippen LogP contribution in [0.3, 0.4) is 0 Å². The lowest BCUT2D eigenvalue weighted by molar-refractivity contribution is 0.249. The van der Waals surface area contributed by atoms with Gasteiger partial charge in [-0.1, -0.05) is 19.9 Å². The Kier molecular flexibility index (Phi) is 5.59. The Labute approximate surface area is 78.9 Å². The zero-order chi connectivity index (χ0) is 10.3. The molecule has 4 heteroatoms. The molecule has 0 saturated heterocycles. The van der Waals surface area contributed by atoms with Crippen LogP contribution >= 0.6 is 0 Å². The summed E-state index contributed by atoms with van der Waals surface area (Å²) in [7, 11) is 0. The first-order valence-electron chi connectivity index (χ1n) is 4.33. The van der Waals surface area contributed by atoms with Crippen LogP contribution in [0.5, 0.6) is 0 Å². The van der Waals surface area contributed by atoms with E-state index in [2.05, 4.69) is 17.1 Å². The number of hydrazone groups is 1. The van der Waals surface area contributed by atoms with E-state index in [0.717, 1.165) is 18.6 Å². The van der Waals surface area contributed by atoms with Crippen molar-refractivity contribution in [3.8, 4) is 0 Å². The molecule has 0 fully saturated rings. The maximum absolute atomic E-state index is 10.4. The molecule has 0 rings (SSSR count). The van der Waals surface area contributed by atoms with Crippen LogP contribution in [-0.2, 0) is 0 Å². The number of hydrogen-bond donors (Lipinski definition) is 2. The van der Waals surface area contributed by atoms with Crippen LogP contribution in [-0.4, -0.2) is 11.7 Å². The predicted molar refractivity (Wildman–Crippen MR) is 54.4 cm³/mol. The topological polar surface area (TPSA) is 67.5 Å². The molecule has 13 heavy (non-hydrogen) atoms. The Balaban J connectivity index is 4.08. The van der Waals surface area contributed by atoms with Crippen LogP contribution in [0, 0.1) is 5.92 Å². The molecule has 3 N–H and O–H groups in total. The molecular weight excluding hydrogens is 166 g/mol. The van der Waals surface area contributed by atoms with Crippen LogP contribution in [0.4, 0.5) is 4.79 Å². The number of primary amides is 1. The molecule has 0 heterocycles. The standard InChI is InChI=1S/C9H17N3O/c1-4-7(3)6-8(5-2)11-12-9(10)13/h4,7H,1,5-6H2,2-3H3,(H3,10,12,13)/b11-8-. The molecule has 74 valence electrons. The minimum absolute atomic E-state index is 0.369. The van der Waals surface area contributed by atoms with Crippen molar-refractivity contribution in [1.29, 1.82) is 0 Å². The van der Waals surface area contributed by atoms with Gasteiger partial charge < -0.3 is 5.73 Å². The molecule has 0 aromatic carbocycles. The second-order valence-electron chi connectivity index (χ2n) is 2.92. The van der Waals surface area contributed by atoms with Gasteiger partial charge >= 0.3 is 6.03 Å². The summed E-state index contributed by atoms with van der Waals surface area (Å²) in [5.74, 6) is 0.369. The molecule has 0 aliphatic rings. The quantitative estimate of drug-likeness (QED) is 0.379. The lowest BCUT2D eigenvalue weighted by Crippen LogP contribution is -2.26. The molecule has 0 aromatic heterocycles. The number of allylic oxidation sites excluding steroid dienone is 1. The van der Waals surface area contributed by atoms with Crippen LogP contribution in [0.1, 0.15) is 26.7 Å². The van der Waals surface area contributed by atoms with Crippen molar-refractivity contribution in [3.63, 3.8) is 0 Å². The minimum Gasteiger partial charge on any atom is -0.350 e. The number of carbonyl (C=O) groups is 1. The fourth-order valence-electron chi connectivity index (χ4n) is 0.858. The molecule has 0 aromatic rings. The Hall–Kier alpha value is -1.32. The molecule has 0 aliphatic heterocycles. The van der Waals surface area contributed by atoms with Gasteiger partial charge in [-0.25, -0.2) is 10.2 Å². The van der Waals surface area contributed by atoms with E-state index in [1.165, 1.54) is 0 Å². The SMILES string of the molecule is C=CC(C)C/C(CC)=N\NC(N)=O. The summed E-state index contributed by atoms with van der Waals surface area (Å²) >= 11 is 0. The van der Waals surface area contributed by atoms with Gasteiger partial charge in [0.25, 0.3) is 0 Å². The van der Waals surface area contributed by atoms with Gasteiger partial charge in [0.05, 0.1) is 0 Å². The Morgan fingerprint density at radius 3 is 2.77 bits per heavy atom. The fraction of sp³-hybridized carbons (Fsp3) is 0.556. The van der Waals surface area contributed by atoms with Crippen molar-refractivity contribution in [1.82, 2.24) is 5.43 Å². The third-order valence-corrected chi connectivity index (χ3v) is 1.69. The average Bonchev–Trinajstić information content (AvgIpc) is 2.11. The third-order valence-electron chi connectivity index (χ3n) is 1.69. The largest absolute Gasteiger partial charge is 0.350 e. The number of nitrogens with one attached hydrogen (secondary N) is 1. The summed E-state index contributed by atoms with van der Waals surface area (Å²) in [6.45, 7) is 7.70. The van der Waals surface area contributed by atoms with E-state index in [1.54, 1.807) is 0 Å². The van der Waals surface area contributed by atoms with Gasteiger partial charge in [0, 0.05) is 5.71 Å². The van der Waals surface area contributed by atoms with Gasteiger partial charge in [-0.3, -0.25) is 0 Å². The summed E-state index contributed by atoms with van der Waals surface area (Å²) in [5.41, 5.74) is 8.02. The van der Waals surface area contributed by atoms with Crippen molar-refractivity contribution in [2.75, 3.05) is 0 Å². The van der Waals surface area contributed by atoms with Crippen LogP contribution in [0.25, 0.3) is 0 Å². The Morgan fingerprint density at radius 2 is 2.38 bits per heavy atom. The molecular formula is C9H17N3O. The number of nitrogens with zero attached hydrogens (tertiary/aromatic N) is 1. The molecule has 0 radical (unpaired) electrons. The molecule has 1 atom stereocenters. The maximum Gasteiger partial charge on any atom is 0.332 e. The Morgan fingerprint density at radius 1 is 1.77 bits per heavy atom. The zero-order valence-corrected chi connectivity index (χ0v) is 8.21. The van der Waals surface area contributed by atoms with Crippen LogP contribution < -0.4 is 11.2 Å². The van der Waals surface area contributed by atoms with Crippen LogP contribution in [0.15, 0.2) is 17.8 Å². The van der Waals surface area contributed by atoms with Gasteiger partial charge in [0.1, 0.15) is 0 Å². The zero-order valence-electron chi connectivity index (χ0n) is 8.21. The molecule has 0 bridgehead atoms. The minimum atomic E-state index is -0.628. The molecule has 0 saturated carbocycles. The average molecular weight is 183 g/mol. The van der Waals surface area contributed by atoms with E-state index >= 15 is 0 Å². The van der Waals surface area contributed by atoms with Crippen molar-refractivity contribution in [3.05, 3.63) is 12.7 Å². The van der Waals surface area contributed by atoms with Gasteiger partial charge in [-0.15, -0.1) is 6.58 Å². The molecule has 0 spiro atoms. The third kappa shape index (κ3) is 5.90. The molecule has 1 unspecified atom stereocenters. The van der Waals surface area contributed by atoms with Crippen molar-refractivity contribution < 1.29 is 4.79 Å². The highest BCUT2D eigenvalue weighted by Gasteiger charge is 2.02. The summed E-state index contributed by atoms with van der Waals surface area (Å²) in [5, 5.41) is 3.87. The summed E-state index contributed by atoms with van der Waals surface area (Å²) in [4.78, 5) is 10.4. The first-order chi connectivity index (χ1) is 6.10. The number of amides is 2. The first kappa shape index (κ1) is 11.7. The highest BCUT2D eigenvalue weighted by molar-refractivity contribution is 5.85. The van der Waals surface area contributed by atoms with E-state index in [9.17, 15) is 4.79 Å². The first-order valence-corrected chi connectivity index (χ1v) is 4.33. The van der Waals surface area contributed by atoms with Gasteiger partial charge in [-0.05, 0) is 18.8 Å². The van der Waals surface area contributed by atoms with E-state index in [4.69, 9.17) is 5.73 Å². The fourth-order valence-corrected chi connectivity index (χ4v) is 0.858. The summed E-state index contributed by atoms with van der Waals surface area (Å²) in [6.07, 6.45) is 3.47. The van der Waals surface area contributed by atoms with Crippen molar-refractivity contribution in [2.45, 2.75) is 26.7 Å². The summed E-state index contributed by atoms with van der Waals surface area (Å²) < 4.78 is 0.